The Bertz CT molecular complexity index is 455. The summed E-state index contributed by atoms with van der Waals surface area (Å²) in [6.07, 6.45) is 3.06. The maximum Gasteiger partial charge on any atom is 0.143 e. The van der Waals surface area contributed by atoms with Crippen molar-refractivity contribution in [3.05, 3.63) is 23.3 Å². The van der Waals surface area contributed by atoms with E-state index in [0.717, 1.165) is 43.1 Å². The molecule has 90 valence electrons. The highest BCUT2D eigenvalue weighted by molar-refractivity contribution is 7.18. The van der Waals surface area contributed by atoms with Gasteiger partial charge in [0.15, 0.2) is 0 Å². The summed E-state index contributed by atoms with van der Waals surface area (Å²) in [5.74, 6) is 0. The van der Waals surface area contributed by atoms with Crippen molar-refractivity contribution >= 4 is 21.7 Å². The molecule has 0 radical (unpaired) electrons. The minimum atomic E-state index is 0.961. The molecular weight excluding hydrogens is 232 g/mol. The van der Waals surface area contributed by atoms with E-state index in [1.165, 1.54) is 11.4 Å². The quantitative estimate of drug-likeness (QED) is 0.874. The van der Waals surface area contributed by atoms with Gasteiger partial charge in [-0.25, -0.2) is 9.97 Å². The minimum Gasteiger partial charge on any atom is -0.315 e. The van der Waals surface area contributed by atoms with Crippen molar-refractivity contribution in [3.8, 4) is 0 Å². The van der Waals surface area contributed by atoms with Crippen LogP contribution in [0.2, 0.25) is 0 Å². The van der Waals surface area contributed by atoms with E-state index in [0.29, 0.717) is 0 Å². The van der Waals surface area contributed by atoms with Crippen molar-refractivity contribution in [1.82, 2.24) is 20.2 Å². The third kappa shape index (κ3) is 2.62. The molecule has 0 aromatic carbocycles. The van der Waals surface area contributed by atoms with Crippen LogP contribution in [0.25, 0.3) is 10.3 Å². The second kappa shape index (κ2) is 5.08. The molecule has 5 heteroatoms. The fourth-order valence-electron chi connectivity index (χ4n) is 2.13. The van der Waals surface area contributed by atoms with E-state index in [1.807, 2.05) is 18.3 Å². The lowest BCUT2D eigenvalue weighted by molar-refractivity contribution is 0.284. The van der Waals surface area contributed by atoms with E-state index in [-0.39, 0.29) is 0 Å². The van der Waals surface area contributed by atoms with Crippen LogP contribution < -0.4 is 5.32 Å². The van der Waals surface area contributed by atoms with Crippen molar-refractivity contribution in [2.45, 2.75) is 13.0 Å². The maximum atomic E-state index is 4.63. The second-order valence-electron chi connectivity index (χ2n) is 4.31. The SMILES string of the molecule is c1cnc2sc(CN3CCCNCC3)nc2c1. The Morgan fingerprint density at radius 3 is 3.29 bits per heavy atom. The fraction of sp³-hybridized carbons (Fsp3) is 0.500. The molecule has 0 spiro atoms. The Hall–Kier alpha value is -1.04. The predicted octanol–water partition coefficient (Wildman–Crippen LogP) is 1.49. The molecule has 0 unspecified atom stereocenters. The molecule has 4 nitrogen and oxygen atoms in total. The first-order valence-electron chi connectivity index (χ1n) is 6.05. The summed E-state index contributed by atoms with van der Waals surface area (Å²) in [6, 6.07) is 3.98. The maximum absolute atomic E-state index is 4.63. The van der Waals surface area contributed by atoms with Crippen LogP contribution in [-0.2, 0) is 6.54 Å². The molecule has 0 bridgehead atoms. The van der Waals surface area contributed by atoms with Gasteiger partial charge in [0, 0.05) is 19.3 Å². The molecule has 0 amide bonds. The summed E-state index contributed by atoms with van der Waals surface area (Å²) in [7, 11) is 0. The third-order valence-electron chi connectivity index (χ3n) is 3.00. The van der Waals surface area contributed by atoms with Gasteiger partial charge in [0.2, 0.25) is 0 Å². The summed E-state index contributed by atoms with van der Waals surface area (Å²) in [5.41, 5.74) is 1.03. The average molecular weight is 248 g/mol. The molecular formula is C12H16N4S. The second-order valence-corrected chi connectivity index (χ2v) is 5.38. The van der Waals surface area contributed by atoms with Crippen LogP contribution in [0.5, 0.6) is 0 Å². The zero-order chi connectivity index (χ0) is 11.5. The van der Waals surface area contributed by atoms with Crippen LogP contribution in [-0.4, -0.2) is 41.0 Å². The molecule has 3 heterocycles. The van der Waals surface area contributed by atoms with Gasteiger partial charge in [0.1, 0.15) is 15.4 Å². The van der Waals surface area contributed by atoms with E-state index in [2.05, 4.69) is 20.2 Å². The van der Waals surface area contributed by atoms with Gasteiger partial charge in [-0.05, 0) is 31.6 Å². The number of aromatic nitrogens is 2. The lowest BCUT2D eigenvalue weighted by Gasteiger charge is -2.17. The Morgan fingerprint density at radius 1 is 1.35 bits per heavy atom. The number of pyridine rings is 1. The highest BCUT2D eigenvalue weighted by Gasteiger charge is 2.12. The first-order chi connectivity index (χ1) is 8.42. The van der Waals surface area contributed by atoms with E-state index in [4.69, 9.17) is 0 Å². The topological polar surface area (TPSA) is 41.1 Å². The Labute approximate surface area is 105 Å². The van der Waals surface area contributed by atoms with E-state index >= 15 is 0 Å². The van der Waals surface area contributed by atoms with E-state index in [1.54, 1.807) is 11.3 Å². The molecule has 1 aliphatic heterocycles. The lowest BCUT2D eigenvalue weighted by Crippen LogP contribution is -2.27. The van der Waals surface area contributed by atoms with Crippen molar-refractivity contribution in [3.63, 3.8) is 0 Å². The average Bonchev–Trinajstić information content (AvgIpc) is 2.57. The minimum absolute atomic E-state index is 0.961. The van der Waals surface area contributed by atoms with Gasteiger partial charge in [-0.3, -0.25) is 4.90 Å². The van der Waals surface area contributed by atoms with E-state index < -0.39 is 0 Å². The summed E-state index contributed by atoms with van der Waals surface area (Å²) in [4.78, 5) is 12.5. The van der Waals surface area contributed by atoms with Crippen molar-refractivity contribution < 1.29 is 0 Å². The van der Waals surface area contributed by atoms with Gasteiger partial charge in [-0.2, -0.15) is 0 Å². The number of nitrogens with one attached hydrogen (secondary N) is 1. The summed E-state index contributed by atoms with van der Waals surface area (Å²) in [6.45, 7) is 5.46. The van der Waals surface area contributed by atoms with Crippen molar-refractivity contribution in [1.29, 1.82) is 0 Å². The molecule has 3 rings (SSSR count). The number of nitrogens with zero attached hydrogens (tertiary/aromatic N) is 3. The van der Waals surface area contributed by atoms with Crippen LogP contribution in [0.3, 0.4) is 0 Å². The van der Waals surface area contributed by atoms with Crippen LogP contribution in [0, 0.1) is 0 Å². The smallest absolute Gasteiger partial charge is 0.143 e. The van der Waals surface area contributed by atoms with Crippen molar-refractivity contribution in [2.75, 3.05) is 26.2 Å². The van der Waals surface area contributed by atoms with Crippen molar-refractivity contribution in [2.24, 2.45) is 0 Å². The molecule has 1 N–H and O–H groups in total. The molecule has 1 aliphatic rings. The normalized spacial score (nSPS) is 18.4. The molecule has 1 saturated heterocycles. The Morgan fingerprint density at radius 2 is 2.35 bits per heavy atom. The van der Waals surface area contributed by atoms with Gasteiger partial charge >= 0.3 is 0 Å². The molecule has 2 aromatic heterocycles. The van der Waals surface area contributed by atoms with Gasteiger partial charge in [0.05, 0.1) is 6.54 Å². The third-order valence-corrected chi connectivity index (χ3v) is 3.97. The van der Waals surface area contributed by atoms with Gasteiger partial charge in [-0.15, -0.1) is 0 Å². The summed E-state index contributed by atoms with van der Waals surface area (Å²) < 4.78 is 0. The Balaban J connectivity index is 1.75. The van der Waals surface area contributed by atoms with Gasteiger partial charge in [0.25, 0.3) is 0 Å². The highest BCUT2D eigenvalue weighted by Crippen LogP contribution is 2.20. The standard InChI is InChI=1S/C12H16N4S/c1-3-10-12(14-5-1)17-11(15-10)9-16-7-2-4-13-6-8-16/h1,3,5,13H,2,4,6-9H2. The number of rotatable bonds is 2. The molecule has 0 aliphatic carbocycles. The zero-order valence-electron chi connectivity index (χ0n) is 9.72. The summed E-state index contributed by atoms with van der Waals surface area (Å²) >= 11 is 1.71. The predicted molar refractivity (Wildman–Crippen MR) is 70.2 cm³/mol. The fourth-order valence-corrected chi connectivity index (χ4v) is 3.08. The van der Waals surface area contributed by atoms with Crippen LogP contribution in [0.1, 0.15) is 11.4 Å². The molecule has 0 atom stereocenters. The molecule has 17 heavy (non-hydrogen) atoms. The first-order valence-corrected chi connectivity index (χ1v) is 6.87. The Kier molecular flexibility index (Phi) is 3.31. The lowest BCUT2D eigenvalue weighted by atomic mass is 10.4. The van der Waals surface area contributed by atoms with Gasteiger partial charge in [-0.1, -0.05) is 11.3 Å². The first kappa shape index (κ1) is 11.1. The number of hydrogen-bond donors (Lipinski definition) is 1. The number of thiazole rings is 1. The zero-order valence-corrected chi connectivity index (χ0v) is 10.5. The monoisotopic (exact) mass is 248 g/mol. The molecule has 0 saturated carbocycles. The highest BCUT2D eigenvalue weighted by atomic mass is 32.1. The largest absolute Gasteiger partial charge is 0.315 e. The van der Waals surface area contributed by atoms with Crippen LogP contribution >= 0.6 is 11.3 Å². The van der Waals surface area contributed by atoms with E-state index in [9.17, 15) is 0 Å². The molecule has 1 fully saturated rings. The molecule has 2 aromatic rings. The number of hydrogen-bond acceptors (Lipinski definition) is 5. The van der Waals surface area contributed by atoms with Gasteiger partial charge < -0.3 is 5.32 Å². The van der Waals surface area contributed by atoms with Crippen LogP contribution in [0.4, 0.5) is 0 Å². The number of fused-ring (bicyclic) bond motifs is 1. The summed E-state index contributed by atoms with van der Waals surface area (Å²) in [5, 5.41) is 4.60. The van der Waals surface area contributed by atoms with Crippen LogP contribution in [0.15, 0.2) is 18.3 Å².